The number of rotatable bonds is 0. The Labute approximate surface area is 55.9 Å². The van der Waals surface area contributed by atoms with Crippen LogP contribution in [0, 0.1) is 0 Å². The van der Waals surface area contributed by atoms with Crippen molar-refractivity contribution in [1.82, 2.24) is 0 Å². The van der Waals surface area contributed by atoms with E-state index in [1.165, 1.54) is 0 Å². The predicted molar refractivity (Wildman–Crippen MR) is 24.1 cm³/mol. The summed E-state index contributed by atoms with van der Waals surface area (Å²) in [6.45, 7) is 1.93. The molecular weight excluding hydrogens is 159 g/mol. The van der Waals surface area contributed by atoms with Crippen LogP contribution in [-0.2, 0) is 26.2 Å². The van der Waals surface area contributed by atoms with Crippen LogP contribution in [0.1, 0.15) is 6.92 Å². The third-order valence-corrected chi connectivity index (χ3v) is 0. The average molecular weight is 169 g/mol. The van der Waals surface area contributed by atoms with Crippen molar-refractivity contribution in [1.29, 1.82) is 0 Å². The molecular formula is C2H10OSiZr. The fourth-order valence-corrected chi connectivity index (χ4v) is 0. The Hall–Kier alpha value is 1.06. The number of hydrogen-bond acceptors (Lipinski definition) is 1. The molecule has 0 bridgehead atoms. The molecule has 0 spiro atoms. The molecule has 32 valence electrons. The molecule has 0 atom stereocenters. The second-order valence-electron chi connectivity index (χ2n) is 0.316. The molecule has 0 aromatic rings. The van der Waals surface area contributed by atoms with Crippen molar-refractivity contribution in [2.45, 2.75) is 6.92 Å². The molecule has 0 aliphatic rings. The van der Waals surface area contributed by atoms with Gasteiger partial charge in [-0.15, -0.1) is 0 Å². The SMILES string of the molecule is CCO.[SiH4].[Zr]. The minimum atomic E-state index is 0. The minimum Gasteiger partial charge on any atom is -0.397 e. The molecule has 3 heteroatoms. The van der Waals surface area contributed by atoms with E-state index >= 15 is 0 Å². The summed E-state index contributed by atoms with van der Waals surface area (Å²) >= 11 is 0. The summed E-state index contributed by atoms with van der Waals surface area (Å²) in [5.41, 5.74) is 0. The molecule has 1 nitrogen and oxygen atoms in total. The van der Waals surface area contributed by atoms with Crippen LogP contribution in [0.25, 0.3) is 0 Å². The minimum absolute atomic E-state index is 0. The zero-order valence-electron chi connectivity index (χ0n) is 2.65. The monoisotopic (exact) mass is 168 g/mol. The molecule has 0 radical (unpaired) electrons. The van der Waals surface area contributed by atoms with Gasteiger partial charge in [0.25, 0.3) is 0 Å². The molecule has 0 aromatic heterocycles. The van der Waals surface area contributed by atoms with Crippen LogP contribution >= 0.6 is 0 Å². The first-order chi connectivity index (χ1) is 1.41. The van der Waals surface area contributed by atoms with Crippen LogP contribution in [0.15, 0.2) is 0 Å². The number of aliphatic hydroxyl groups is 1. The molecule has 0 unspecified atom stereocenters. The van der Waals surface area contributed by atoms with Gasteiger partial charge < -0.3 is 5.11 Å². The zero-order valence-corrected chi connectivity index (χ0v) is 5.11. The summed E-state index contributed by atoms with van der Waals surface area (Å²) in [7, 11) is 0. The van der Waals surface area contributed by atoms with E-state index in [0.717, 1.165) is 0 Å². The molecule has 0 saturated carbocycles. The van der Waals surface area contributed by atoms with Gasteiger partial charge in [-0.2, -0.15) is 0 Å². The van der Waals surface area contributed by atoms with Crippen molar-refractivity contribution in [3.63, 3.8) is 0 Å². The molecule has 0 rings (SSSR count). The summed E-state index contributed by atoms with van der Waals surface area (Å²) in [6, 6.07) is 0. The fraction of sp³-hybridized carbons (Fsp3) is 1.00. The first kappa shape index (κ1) is 16.6. The van der Waals surface area contributed by atoms with Gasteiger partial charge in [-0.25, -0.2) is 0 Å². The Morgan fingerprint density at radius 2 is 1.60 bits per heavy atom. The van der Waals surface area contributed by atoms with Gasteiger partial charge in [0.1, 0.15) is 0 Å². The van der Waals surface area contributed by atoms with Crippen molar-refractivity contribution in [2.75, 3.05) is 6.61 Å². The van der Waals surface area contributed by atoms with Gasteiger partial charge >= 0.3 is 0 Å². The molecule has 5 heavy (non-hydrogen) atoms. The summed E-state index contributed by atoms with van der Waals surface area (Å²) in [4.78, 5) is 0. The normalized spacial score (nSPS) is 3.60. The van der Waals surface area contributed by atoms with Crippen molar-refractivity contribution in [3.05, 3.63) is 0 Å². The maximum Gasteiger partial charge on any atom is 0.0402 e. The summed E-state index contributed by atoms with van der Waals surface area (Å²) in [5, 5.41) is 7.57. The smallest absolute Gasteiger partial charge is 0.0402 e. The third-order valence-electron chi connectivity index (χ3n) is 0. The van der Waals surface area contributed by atoms with Crippen LogP contribution in [0.5, 0.6) is 0 Å². The third kappa shape index (κ3) is 42.2. The van der Waals surface area contributed by atoms with E-state index in [4.69, 9.17) is 5.11 Å². The van der Waals surface area contributed by atoms with E-state index in [-0.39, 0.29) is 43.8 Å². The molecule has 1 N–H and O–H groups in total. The molecule has 0 saturated heterocycles. The summed E-state index contributed by atoms with van der Waals surface area (Å²) in [6.07, 6.45) is 0. The van der Waals surface area contributed by atoms with Gasteiger partial charge in [-0.1, -0.05) is 0 Å². The van der Waals surface area contributed by atoms with Crippen molar-refractivity contribution < 1.29 is 31.3 Å². The zero-order chi connectivity index (χ0) is 2.71. The van der Waals surface area contributed by atoms with Gasteiger partial charge in [0.2, 0.25) is 0 Å². The Kier molecular flexibility index (Phi) is 65.1. The van der Waals surface area contributed by atoms with E-state index in [0.29, 0.717) is 0 Å². The second kappa shape index (κ2) is 19.7. The molecule has 0 fully saturated rings. The van der Waals surface area contributed by atoms with Crippen LogP contribution in [0.3, 0.4) is 0 Å². The van der Waals surface area contributed by atoms with E-state index < -0.39 is 0 Å². The van der Waals surface area contributed by atoms with E-state index in [9.17, 15) is 0 Å². The maximum atomic E-state index is 7.57. The summed E-state index contributed by atoms with van der Waals surface area (Å²) < 4.78 is 0. The van der Waals surface area contributed by atoms with Crippen LogP contribution in [-0.4, -0.2) is 22.7 Å². The van der Waals surface area contributed by atoms with Gasteiger partial charge in [0.05, 0.1) is 0 Å². The Balaban J connectivity index is -0.0000000200. The molecule has 0 heterocycles. The first-order valence-electron chi connectivity index (χ1n) is 1.02. The quantitative estimate of drug-likeness (QED) is 0.440. The summed E-state index contributed by atoms with van der Waals surface area (Å²) in [5.74, 6) is 0. The number of aliphatic hydroxyl groups excluding tert-OH is 1. The van der Waals surface area contributed by atoms with Gasteiger partial charge in [-0.05, 0) is 17.9 Å². The fourth-order valence-electron chi connectivity index (χ4n) is 0. The standard InChI is InChI=1S/C2H6O.H4Si.Zr/c1-2-3;;/h3H,2H2,1H3;1H4;. The van der Waals surface area contributed by atoms with Gasteiger partial charge in [0, 0.05) is 32.8 Å². The van der Waals surface area contributed by atoms with E-state index in [1.54, 1.807) is 6.92 Å². The van der Waals surface area contributed by atoms with E-state index in [2.05, 4.69) is 0 Å². The van der Waals surface area contributed by atoms with Gasteiger partial charge in [0.15, 0.2) is 0 Å². The Morgan fingerprint density at radius 3 is 1.60 bits per heavy atom. The van der Waals surface area contributed by atoms with Crippen LogP contribution < -0.4 is 0 Å². The Bertz CT molecular complexity index is 9.61. The Morgan fingerprint density at radius 1 is 1.60 bits per heavy atom. The molecule has 0 aliphatic carbocycles. The van der Waals surface area contributed by atoms with Crippen molar-refractivity contribution in [2.24, 2.45) is 0 Å². The largest absolute Gasteiger partial charge is 0.397 e. The molecule has 0 amide bonds. The maximum absolute atomic E-state index is 7.57. The molecule has 0 aromatic carbocycles. The number of hydrogen-bond donors (Lipinski definition) is 1. The second-order valence-corrected chi connectivity index (χ2v) is 0.316. The predicted octanol–water partition coefficient (Wildman–Crippen LogP) is -1.46. The first-order valence-corrected chi connectivity index (χ1v) is 1.02. The van der Waals surface area contributed by atoms with E-state index in [1.807, 2.05) is 0 Å². The van der Waals surface area contributed by atoms with Crippen LogP contribution in [0.2, 0.25) is 0 Å². The van der Waals surface area contributed by atoms with Crippen LogP contribution in [0.4, 0.5) is 0 Å². The molecule has 0 aliphatic heterocycles. The van der Waals surface area contributed by atoms with Gasteiger partial charge in [-0.3, -0.25) is 0 Å². The van der Waals surface area contributed by atoms with Crippen molar-refractivity contribution >= 4 is 11.0 Å². The average Bonchev–Trinajstić information content (AvgIpc) is 0.918. The topological polar surface area (TPSA) is 20.2 Å². The van der Waals surface area contributed by atoms with Crippen molar-refractivity contribution in [3.8, 4) is 0 Å².